The summed E-state index contributed by atoms with van der Waals surface area (Å²) in [6.45, 7) is 4.78. The predicted molar refractivity (Wildman–Crippen MR) is 108 cm³/mol. The Balaban J connectivity index is 0.00000131. The summed E-state index contributed by atoms with van der Waals surface area (Å²) in [6, 6.07) is 3.66. The number of hydrogen-bond acceptors (Lipinski definition) is 5. The number of amides is 1. The van der Waals surface area contributed by atoms with Crippen LogP contribution in [0.1, 0.15) is 26.7 Å². The smallest absolute Gasteiger partial charge is 0.245 e. The number of ether oxygens (including phenoxy) is 1. The summed E-state index contributed by atoms with van der Waals surface area (Å²) in [6.07, 6.45) is 8.75. The molecule has 1 aliphatic heterocycles. The van der Waals surface area contributed by atoms with Crippen LogP contribution < -0.4 is 11.1 Å². The SMILES string of the molecule is CC1(C)C2OCCCC2C1(N)C(=O)Nc1ccc(-n2ccnc2)nc1.Cl.Cl. The Morgan fingerprint density at radius 1 is 1.37 bits per heavy atom. The minimum atomic E-state index is -0.929. The summed E-state index contributed by atoms with van der Waals surface area (Å²) < 4.78 is 7.66. The van der Waals surface area contributed by atoms with Crippen LogP contribution in [0.5, 0.6) is 0 Å². The molecule has 27 heavy (non-hydrogen) atoms. The fourth-order valence-corrected chi connectivity index (χ4v) is 4.28. The molecule has 0 spiro atoms. The number of hydrogen-bond donors (Lipinski definition) is 2. The lowest BCUT2D eigenvalue weighted by molar-refractivity contribution is -0.222. The maximum atomic E-state index is 13.0. The number of aromatic nitrogens is 3. The van der Waals surface area contributed by atoms with Crippen LogP contribution in [0.15, 0.2) is 37.1 Å². The van der Waals surface area contributed by atoms with Gasteiger partial charge in [-0.3, -0.25) is 9.36 Å². The van der Waals surface area contributed by atoms with Crippen molar-refractivity contribution in [1.29, 1.82) is 0 Å². The Labute approximate surface area is 170 Å². The van der Waals surface area contributed by atoms with E-state index in [1.807, 2.05) is 32.2 Å². The summed E-state index contributed by atoms with van der Waals surface area (Å²) >= 11 is 0. The third kappa shape index (κ3) is 3.23. The monoisotopic (exact) mass is 413 g/mol. The number of anilines is 1. The van der Waals surface area contributed by atoms with Crippen LogP contribution in [0.2, 0.25) is 0 Å². The first-order valence-electron chi connectivity index (χ1n) is 8.61. The van der Waals surface area contributed by atoms with Crippen LogP contribution in [0, 0.1) is 11.3 Å². The Hall–Kier alpha value is -1.67. The van der Waals surface area contributed by atoms with Crippen LogP contribution in [0.25, 0.3) is 5.82 Å². The molecule has 0 aromatic carbocycles. The second-order valence-electron chi connectivity index (χ2n) is 7.46. The quantitative estimate of drug-likeness (QED) is 0.805. The highest BCUT2D eigenvalue weighted by molar-refractivity contribution is 6.00. The van der Waals surface area contributed by atoms with E-state index >= 15 is 0 Å². The van der Waals surface area contributed by atoms with Crippen molar-refractivity contribution in [2.75, 3.05) is 11.9 Å². The number of pyridine rings is 1. The molecule has 3 N–H and O–H groups in total. The molecule has 3 heterocycles. The third-order valence-electron chi connectivity index (χ3n) is 5.84. The fourth-order valence-electron chi connectivity index (χ4n) is 4.28. The zero-order valence-electron chi connectivity index (χ0n) is 15.3. The largest absolute Gasteiger partial charge is 0.377 e. The normalized spacial score (nSPS) is 28.0. The van der Waals surface area contributed by atoms with Crippen LogP contribution in [0.3, 0.4) is 0 Å². The van der Waals surface area contributed by atoms with Gasteiger partial charge in [0.15, 0.2) is 0 Å². The van der Waals surface area contributed by atoms with Crippen molar-refractivity contribution in [2.45, 2.75) is 38.3 Å². The number of carbonyl (C=O) groups excluding carboxylic acids is 1. The Morgan fingerprint density at radius 2 is 2.15 bits per heavy atom. The molecule has 9 heteroatoms. The van der Waals surface area contributed by atoms with Crippen LogP contribution in [-0.2, 0) is 9.53 Å². The summed E-state index contributed by atoms with van der Waals surface area (Å²) in [5.74, 6) is 0.638. The Bertz CT molecular complexity index is 782. The first kappa shape index (κ1) is 21.6. The Kier molecular flexibility index (Phi) is 6.21. The van der Waals surface area contributed by atoms with Gasteiger partial charge in [0, 0.05) is 30.3 Å². The van der Waals surface area contributed by atoms with Crippen molar-refractivity contribution in [1.82, 2.24) is 14.5 Å². The van der Waals surface area contributed by atoms with Gasteiger partial charge < -0.3 is 15.8 Å². The van der Waals surface area contributed by atoms with Crippen molar-refractivity contribution >= 4 is 36.4 Å². The van der Waals surface area contributed by atoms with Crippen LogP contribution in [-0.4, -0.2) is 38.7 Å². The summed E-state index contributed by atoms with van der Waals surface area (Å²) in [7, 11) is 0. The third-order valence-corrected chi connectivity index (χ3v) is 5.84. The van der Waals surface area contributed by atoms with Crippen LogP contribution in [0.4, 0.5) is 5.69 Å². The van der Waals surface area contributed by atoms with Gasteiger partial charge in [-0.2, -0.15) is 0 Å². The highest BCUT2D eigenvalue weighted by Crippen LogP contribution is 2.57. The lowest BCUT2D eigenvalue weighted by atomic mass is 9.46. The highest BCUT2D eigenvalue weighted by atomic mass is 35.5. The first-order chi connectivity index (χ1) is 11.9. The van der Waals surface area contributed by atoms with Gasteiger partial charge in [-0.1, -0.05) is 13.8 Å². The molecule has 2 fully saturated rings. The van der Waals surface area contributed by atoms with E-state index in [0.717, 1.165) is 25.3 Å². The number of nitrogens with zero attached hydrogens (tertiary/aromatic N) is 3. The topological polar surface area (TPSA) is 95.1 Å². The minimum absolute atomic E-state index is 0. The molecule has 2 aromatic rings. The molecule has 0 bridgehead atoms. The molecular weight excluding hydrogens is 389 g/mol. The zero-order valence-corrected chi connectivity index (χ0v) is 16.9. The molecule has 2 aromatic heterocycles. The molecular formula is C18H25Cl2N5O2. The van der Waals surface area contributed by atoms with Crippen molar-refractivity contribution in [2.24, 2.45) is 17.1 Å². The van der Waals surface area contributed by atoms with Gasteiger partial charge in [0.1, 0.15) is 17.7 Å². The number of nitrogens with one attached hydrogen (secondary N) is 1. The number of halogens is 2. The fraction of sp³-hybridized carbons (Fsp3) is 0.500. The molecule has 1 aliphatic carbocycles. The molecule has 7 nitrogen and oxygen atoms in total. The molecule has 4 rings (SSSR count). The molecule has 1 saturated heterocycles. The molecule has 1 amide bonds. The molecule has 1 saturated carbocycles. The van der Waals surface area contributed by atoms with Gasteiger partial charge in [-0.25, -0.2) is 9.97 Å². The molecule has 3 unspecified atom stereocenters. The average Bonchev–Trinajstić information content (AvgIpc) is 3.16. The average molecular weight is 414 g/mol. The van der Waals surface area contributed by atoms with Gasteiger partial charge >= 0.3 is 0 Å². The highest BCUT2D eigenvalue weighted by Gasteiger charge is 2.70. The van der Waals surface area contributed by atoms with Gasteiger partial charge in [0.05, 0.1) is 18.0 Å². The predicted octanol–water partition coefficient (Wildman–Crippen LogP) is 2.58. The van der Waals surface area contributed by atoms with E-state index in [9.17, 15) is 4.79 Å². The number of fused-ring (bicyclic) bond motifs is 1. The van der Waals surface area contributed by atoms with Gasteiger partial charge in [-0.15, -0.1) is 24.8 Å². The van der Waals surface area contributed by atoms with Crippen molar-refractivity contribution in [3.8, 4) is 5.82 Å². The first-order valence-corrected chi connectivity index (χ1v) is 8.61. The van der Waals surface area contributed by atoms with Crippen molar-refractivity contribution < 1.29 is 9.53 Å². The van der Waals surface area contributed by atoms with E-state index in [2.05, 4.69) is 15.3 Å². The van der Waals surface area contributed by atoms with Gasteiger partial charge in [0.2, 0.25) is 5.91 Å². The zero-order chi connectivity index (χ0) is 17.7. The number of rotatable bonds is 3. The van der Waals surface area contributed by atoms with E-state index < -0.39 is 11.0 Å². The molecule has 0 radical (unpaired) electrons. The number of carbonyl (C=O) groups is 1. The lowest BCUT2D eigenvalue weighted by Crippen LogP contribution is -2.81. The van der Waals surface area contributed by atoms with E-state index in [4.69, 9.17) is 10.5 Å². The second-order valence-corrected chi connectivity index (χ2v) is 7.46. The van der Waals surface area contributed by atoms with Crippen LogP contribution >= 0.6 is 24.8 Å². The summed E-state index contributed by atoms with van der Waals surface area (Å²) in [5, 5.41) is 2.94. The lowest BCUT2D eigenvalue weighted by Gasteiger charge is -2.65. The van der Waals surface area contributed by atoms with Crippen molar-refractivity contribution in [3.05, 3.63) is 37.1 Å². The van der Waals surface area contributed by atoms with Crippen molar-refractivity contribution in [3.63, 3.8) is 0 Å². The van der Waals surface area contributed by atoms with Gasteiger partial charge in [-0.05, 0) is 25.0 Å². The Morgan fingerprint density at radius 3 is 2.78 bits per heavy atom. The van der Waals surface area contributed by atoms with E-state index in [1.165, 1.54) is 0 Å². The number of imidazole rings is 1. The molecule has 148 valence electrons. The molecule has 2 aliphatic rings. The summed E-state index contributed by atoms with van der Waals surface area (Å²) in [5.41, 5.74) is 5.92. The number of nitrogens with two attached hydrogens (primary N) is 1. The standard InChI is InChI=1S/C18H23N5O2.2ClH/c1-17(2)15-13(4-3-9-25-15)18(17,19)16(24)22-12-5-6-14(21-10-12)23-8-7-20-11-23;;/h5-8,10-11,13,15H,3-4,9,19H2,1-2H3,(H,22,24);2*1H. The minimum Gasteiger partial charge on any atom is -0.377 e. The van der Waals surface area contributed by atoms with E-state index in [-0.39, 0.29) is 42.7 Å². The maximum absolute atomic E-state index is 13.0. The van der Waals surface area contributed by atoms with E-state index in [0.29, 0.717) is 5.69 Å². The second kappa shape index (κ2) is 7.75. The maximum Gasteiger partial charge on any atom is 0.245 e. The van der Waals surface area contributed by atoms with Gasteiger partial charge in [0.25, 0.3) is 0 Å². The molecule has 3 atom stereocenters. The summed E-state index contributed by atoms with van der Waals surface area (Å²) in [4.78, 5) is 21.3. The van der Waals surface area contributed by atoms with E-state index in [1.54, 1.807) is 23.3 Å².